The molecule has 2 N–H and O–H groups in total. The van der Waals surface area contributed by atoms with Gasteiger partial charge in [-0.15, -0.1) is 23.2 Å². The Bertz CT molecular complexity index is 393. The highest BCUT2D eigenvalue weighted by atomic mass is 35.5. The number of anilines is 1. The number of halogens is 2. The van der Waals surface area contributed by atoms with Crippen molar-refractivity contribution in [2.45, 2.75) is 26.2 Å². The van der Waals surface area contributed by atoms with Gasteiger partial charge in [0.25, 0.3) is 0 Å². The number of carboxylic acids is 1. The molecule has 0 aliphatic carbocycles. The summed E-state index contributed by atoms with van der Waals surface area (Å²) in [6.45, 7) is 3.47. The highest BCUT2D eigenvalue weighted by Crippen LogP contribution is 2.16. The molecular formula is C16H25Cl2NO3. The van der Waals surface area contributed by atoms with Crippen LogP contribution < -0.4 is 4.90 Å². The lowest BCUT2D eigenvalue weighted by Crippen LogP contribution is -2.27. The molecule has 4 nitrogen and oxygen atoms in total. The second-order valence-corrected chi connectivity index (χ2v) is 5.35. The molecule has 0 atom stereocenters. The third-order valence-corrected chi connectivity index (χ3v) is 3.20. The van der Waals surface area contributed by atoms with E-state index in [2.05, 4.69) is 4.90 Å². The first-order valence-electron chi connectivity index (χ1n) is 7.37. The summed E-state index contributed by atoms with van der Waals surface area (Å²) in [6.07, 6.45) is 1.67. The summed E-state index contributed by atoms with van der Waals surface area (Å²) in [4.78, 5) is 12.6. The lowest BCUT2D eigenvalue weighted by atomic mass is 10.1. The molecule has 1 aromatic carbocycles. The van der Waals surface area contributed by atoms with E-state index in [-0.39, 0.29) is 13.0 Å². The number of aliphatic hydroxyl groups is 1. The molecule has 0 bridgehead atoms. The van der Waals surface area contributed by atoms with Crippen molar-refractivity contribution in [1.29, 1.82) is 0 Å². The van der Waals surface area contributed by atoms with Gasteiger partial charge in [0.1, 0.15) is 0 Å². The molecule has 0 spiro atoms. The minimum Gasteiger partial charge on any atom is -0.481 e. The zero-order chi connectivity index (χ0) is 16.8. The molecule has 0 unspecified atom stereocenters. The first-order chi connectivity index (χ1) is 10.6. The number of carboxylic acid groups (broad SMARTS) is 1. The smallest absolute Gasteiger partial charge is 0.303 e. The van der Waals surface area contributed by atoms with Crippen molar-refractivity contribution in [3.63, 3.8) is 0 Å². The predicted molar refractivity (Wildman–Crippen MR) is 93.4 cm³/mol. The van der Waals surface area contributed by atoms with E-state index in [1.54, 1.807) is 6.92 Å². The molecule has 126 valence electrons. The van der Waals surface area contributed by atoms with Gasteiger partial charge in [0.2, 0.25) is 0 Å². The minimum absolute atomic E-state index is 0.215. The van der Waals surface area contributed by atoms with Crippen LogP contribution in [0, 0.1) is 0 Å². The maximum Gasteiger partial charge on any atom is 0.303 e. The molecular weight excluding hydrogens is 325 g/mol. The average Bonchev–Trinajstić information content (AvgIpc) is 2.48. The van der Waals surface area contributed by atoms with Crippen molar-refractivity contribution in [3.8, 4) is 0 Å². The Balaban J connectivity index is 0.00000135. The Morgan fingerprint density at radius 1 is 1.14 bits per heavy atom. The van der Waals surface area contributed by atoms with E-state index in [1.807, 2.05) is 24.3 Å². The molecule has 0 heterocycles. The van der Waals surface area contributed by atoms with Crippen LogP contribution >= 0.6 is 23.2 Å². The van der Waals surface area contributed by atoms with Crippen molar-refractivity contribution < 1.29 is 15.0 Å². The lowest BCUT2D eigenvalue weighted by molar-refractivity contribution is -0.137. The number of rotatable bonds is 9. The zero-order valence-corrected chi connectivity index (χ0v) is 14.5. The van der Waals surface area contributed by atoms with Crippen molar-refractivity contribution in [2.75, 3.05) is 36.4 Å². The monoisotopic (exact) mass is 349 g/mol. The molecule has 1 aromatic rings. The Labute approximate surface area is 142 Å². The van der Waals surface area contributed by atoms with Crippen LogP contribution in [0.2, 0.25) is 0 Å². The Kier molecular flexibility index (Phi) is 13.1. The van der Waals surface area contributed by atoms with Gasteiger partial charge < -0.3 is 15.1 Å². The van der Waals surface area contributed by atoms with Gasteiger partial charge in [-0.3, -0.25) is 4.79 Å². The van der Waals surface area contributed by atoms with E-state index >= 15 is 0 Å². The van der Waals surface area contributed by atoms with Gasteiger partial charge in [-0.25, -0.2) is 0 Å². The van der Waals surface area contributed by atoms with Crippen molar-refractivity contribution in [3.05, 3.63) is 29.8 Å². The van der Waals surface area contributed by atoms with E-state index in [0.717, 1.165) is 30.8 Å². The predicted octanol–water partition coefficient (Wildman–Crippen LogP) is 3.38. The van der Waals surface area contributed by atoms with E-state index in [4.69, 9.17) is 33.4 Å². The number of alkyl halides is 2. The van der Waals surface area contributed by atoms with Crippen LogP contribution in [0.1, 0.15) is 25.3 Å². The molecule has 0 saturated carbocycles. The second kappa shape index (κ2) is 13.7. The number of aliphatic hydroxyl groups excluding tert-OH is 1. The maximum atomic E-state index is 10.4. The van der Waals surface area contributed by atoms with Crippen LogP contribution in [-0.4, -0.2) is 47.6 Å². The molecule has 0 aliphatic rings. The zero-order valence-electron chi connectivity index (χ0n) is 13.0. The molecule has 0 aliphatic heterocycles. The third kappa shape index (κ3) is 9.87. The first kappa shape index (κ1) is 21.0. The minimum atomic E-state index is -0.743. The molecule has 0 radical (unpaired) electrons. The summed E-state index contributed by atoms with van der Waals surface area (Å²) >= 11 is 11.5. The highest BCUT2D eigenvalue weighted by molar-refractivity contribution is 6.18. The number of nitrogens with zero attached hydrogens (tertiary/aromatic N) is 1. The molecule has 1 rings (SSSR count). The summed E-state index contributed by atoms with van der Waals surface area (Å²) in [6, 6.07) is 8.14. The van der Waals surface area contributed by atoms with E-state index in [1.165, 1.54) is 0 Å². The fraction of sp³-hybridized carbons (Fsp3) is 0.562. The fourth-order valence-corrected chi connectivity index (χ4v) is 2.30. The van der Waals surface area contributed by atoms with Crippen molar-refractivity contribution in [1.82, 2.24) is 0 Å². The van der Waals surface area contributed by atoms with Gasteiger partial charge in [0.05, 0.1) is 0 Å². The fourth-order valence-electron chi connectivity index (χ4n) is 1.89. The number of aryl methyl sites for hydroxylation is 1. The van der Waals surface area contributed by atoms with Gasteiger partial charge in [-0.05, 0) is 37.5 Å². The quantitative estimate of drug-likeness (QED) is 0.671. The molecule has 0 amide bonds. The van der Waals surface area contributed by atoms with E-state index in [0.29, 0.717) is 18.2 Å². The van der Waals surface area contributed by atoms with Crippen LogP contribution in [0.15, 0.2) is 24.3 Å². The van der Waals surface area contributed by atoms with Gasteiger partial charge in [0.15, 0.2) is 0 Å². The number of carbonyl (C=O) groups is 1. The maximum absolute atomic E-state index is 10.4. The van der Waals surface area contributed by atoms with Gasteiger partial charge in [-0.1, -0.05) is 12.1 Å². The Morgan fingerprint density at radius 2 is 1.64 bits per heavy atom. The lowest BCUT2D eigenvalue weighted by Gasteiger charge is -2.23. The number of hydrogen-bond acceptors (Lipinski definition) is 3. The van der Waals surface area contributed by atoms with Crippen LogP contribution in [0.5, 0.6) is 0 Å². The molecule has 0 aromatic heterocycles. The number of aliphatic carboxylic acids is 1. The van der Waals surface area contributed by atoms with Crippen molar-refractivity contribution in [2.24, 2.45) is 0 Å². The molecule has 0 saturated heterocycles. The Morgan fingerprint density at radius 3 is 2.05 bits per heavy atom. The highest BCUT2D eigenvalue weighted by Gasteiger charge is 2.05. The topological polar surface area (TPSA) is 60.8 Å². The van der Waals surface area contributed by atoms with Crippen LogP contribution in [-0.2, 0) is 11.2 Å². The summed E-state index contributed by atoms with van der Waals surface area (Å²) in [5.74, 6) is 0.390. The molecule has 22 heavy (non-hydrogen) atoms. The number of benzene rings is 1. The van der Waals surface area contributed by atoms with Crippen LogP contribution in [0.4, 0.5) is 5.69 Å². The number of hydrogen-bond donors (Lipinski definition) is 2. The van der Waals surface area contributed by atoms with Gasteiger partial charge in [0, 0.05) is 43.6 Å². The largest absolute Gasteiger partial charge is 0.481 e. The average molecular weight is 350 g/mol. The van der Waals surface area contributed by atoms with Gasteiger partial charge in [-0.2, -0.15) is 0 Å². The summed E-state index contributed by atoms with van der Waals surface area (Å²) in [7, 11) is 0. The summed E-state index contributed by atoms with van der Waals surface area (Å²) in [5.41, 5.74) is 2.25. The van der Waals surface area contributed by atoms with E-state index < -0.39 is 5.97 Å². The Hall–Kier alpha value is -0.970. The molecule has 6 heteroatoms. The summed E-state index contributed by atoms with van der Waals surface area (Å²) < 4.78 is 0. The normalized spacial score (nSPS) is 9.82. The van der Waals surface area contributed by atoms with Gasteiger partial charge >= 0.3 is 5.97 Å². The van der Waals surface area contributed by atoms with Crippen molar-refractivity contribution >= 4 is 34.9 Å². The van der Waals surface area contributed by atoms with Crippen LogP contribution in [0.3, 0.4) is 0 Å². The standard InChI is InChI=1S/C14H19Cl2NO2.C2H6O/c15-8-10-17(11-9-16)13-6-4-12(5-7-13)2-1-3-14(18)19;1-2-3/h4-7H,1-3,8-11H2,(H,18,19);3H,2H2,1H3. The SMILES string of the molecule is CCO.O=C(O)CCCc1ccc(N(CCCl)CCCl)cc1. The van der Waals surface area contributed by atoms with E-state index in [9.17, 15) is 4.79 Å². The second-order valence-electron chi connectivity index (χ2n) is 4.59. The third-order valence-electron chi connectivity index (χ3n) is 2.87. The first-order valence-corrected chi connectivity index (χ1v) is 8.44. The molecule has 0 fully saturated rings. The summed E-state index contributed by atoms with van der Waals surface area (Å²) in [5, 5.41) is 16.2. The van der Waals surface area contributed by atoms with Crippen LogP contribution in [0.25, 0.3) is 0 Å².